The molecule has 1 rings (SSSR count). The third-order valence-electron chi connectivity index (χ3n) is 2.81. The standard InChI is InChI=1S/C10H22N2/c1-2-6-12-7-3-4-10(9-11)5-8-12/h10H,2-9,11H2,1H3. The first-order chi connectivity index (χ1) is 5.86. The van der Waals surface area contributed by atoms with Gasteiger partial charge < -0.3 is 10.6 Å². The Morgan fingerprint density at radius 3 is 2.83 bits per heavy atom. The molecule has 0 aromatic rings. The topological polar surface area (TPSA) is 29.3 Å². The van der Waals surface area contributed by atoms with Gasteiger partial charge in [-0.15, -0.1) is 0 Å². The summed E-state index contributed by atoms with van der Waals surface area (Å²) < 4.78 is 0. The summed E-state index contributed by atoms with van der Waals surface area (Å²) in [5.74, 6) is 0.798. The van der Waals surface area contributed by atoms with E-state index in [4.69, 9.17) is 5.73 Å². The van der Waals surface area contributed by atoms with Crippen LogP contribution in [0, 0.1) is 5.92 Å². The lowest BCUT2D eigenvalue weighted by Gasteiger charge is -2.18. The highest BCUT2D eigenvalue weighted by molar-refractivity contribution is 4.69. The van der Waals surface area contributed by atoms with Crippen molar-refractivity contribution in [2.24, 2.45) is 11.7 Å². The second-order valence-electron chi connectivity index (χ2n) is 3.87. The molecule has 1 heterocycles. The van der Waals surface area contributed by atoms with Crippen LogP contribution in [0.4, 0.5) is 0 Å². The van der Waals surface area contributed by atoms with Crippen LogP contribution < -0.4 is 5.73 Å². The van der Waals surface area contributed by atoms with Crippen LogP contribution in [0.3, 0.4) is 0 Å². The van der Waals surface area contributed by atoms with Gasteiger partial charge >= 0.3 is 0 Å². The largest absolute Gasteiger partial charge is 0.330 e. The summed E-state index contributed by atoms with van der Waals surface area (Å²) in [5.41, 5.74) is 5.67. The second-order valence-corrected chi connectivity index (χ2v) is 3.87. The van der Waals surface area contributed by atoms with E-state index in [9.17, 15) is 0 Å². The third kappa shape index (κ3) is 3.11. The van der Waals surface area contributed by atoms with Crippen LogP contribution in [0.2, 0.25) is 0 Å². The summed E-state index contributed by atoms with van der Waals surface area (Å²) in [6.07, 6.45) is 5.29. The number of hydrogen-bond donors (Lipinski definition) is 1. The van der Waals surface area contributed by atoms with Gasteiger partial charge in [0.05, 0.1) is 0 Å². The number of rotatable bonds is 3. The molecule has 0 aromatic heterocycles. The molecule has 72 valence electrons. The van der Waals surface area contributed by atoms with E-state index in [0.717, 1.165) is 12.5 Å². The Hall–Kier alpha value is -0.0800. The van der Waals surface area contributed by atoms with Crippen molar-refractivity contribution >= 4 is 0 Å². The van der Waals surface area contributed by atoms with Crippen LogP contribution in [0.1, 0.15) is 32.6 Å². The van der Waals surface area contributed by atoms with Crippen LogP contribution >= 0.6 is 0 Å². The molecular formula is C10H22N2. The van der Waals surface area contributed by atoms with Crippen molar-refractivity contribution in [3.05, 3.63) is 0 Å². The Bertz CT molecular complexity index is 114. The van der Waals surface area contributed by atoms with Crippen LogP contribution in [-0.2, 0) is 0 Å². The zero-order chi connectivity index (χ0) is 8.81. The minimum Gasteiger partial charge on any atom is -0.330 e. The molecule has 2 nitrogen and oxygen atoms in total. The molecule has 1 unspecified atom stereocenters. The fourth-order valence-corrected chi connectivity index (χ4v) is 2.00. The Labute approximate surface area is 76.1 Å². The highest BCUT2D eigenvalue weighted by atomic mass is 15.1. The maximum atomic E-state index is 5.67. The predicted molar refractivity (Wildman–Crippen MR) is 53.1 cm³/mol. The van der Waals surface area contributed by atoms with Crippen LogP contribution in [0.25, 0.3) is 0 Å². The SMILES string of the molecule is CCCN1CCCC(CN)CC1. The van der Waals surface area contributed by atoms with Gasteiger partial charge in [-0.05, 0) is 57.8 Å². The van der Waals surface area contributed by atoms with Crippen LogP contribution in [-0.4, -0.2) is 31.1 Å². The Morgan fingerprint density at radius 1 is 1.33 bits per heavy atom. The van der Waals surface area contributed by atoms with Gasteiger partial charge in [-0.2, -0.15) is 0 Å². The smallest absolute Gasteiger partial charge is 0.00156 e. The highest BCUT2D eigenvalue weighted by Gasteiger charge is 2.14. The first kappa shape index (κ1) is 10.0. The number of likely N-dealkylation sites (tertiary alicyclic amines) is 1. The van der Waals surface area contributed by atoms with E-state index < -0.39 is 0 Å². The molecule has 0 radical (unpaired) electrons. The first-order valence-corrected chi connectivity index (χ1v) is 5.29. The van der Waals surface area contributed by atoms with Crippen molar-refractivity contribution in [3.63, 3.8) is 0 Å². The van der Waals surface area contributed by atoms with Crippen molar-refractivity contribution in [1.29, 1.82) is 0 Å². The molecule has 1 saturated heterocycles. The fraction of sp³-hybridized carbons (Fsp3) is 1.00. The Morgan fingerprint density at radius 2 is 2.17 bits per heavy atom. The van der Waals surface area contributed by atoms with Gasteiger partial charge in [0.15, 0.2) is 0 Å². The van der Waals surface area contributed by atoms with Gasteiger partial charge in [0.25, 0.3) is 0 Å². The lowest BCUT2D eigenvalue weighted by Crippen LogP contribution is -2.26. The quantitative estimate of drug-likeness (QED) is 0.695. The van der Waals surface area contributed by atoms with Gasteiger partial charge in [-0.3, -0.25) is 0 Å². The number of hydrogen-bond acceptors (Lipinski definition) is 2. The first-order valence-electron chi connectivity index (χ1n) is 5.29. The summed E-state index contributed by atoms with van der Waals surface area (Å²) in [6, 6.07) is 0. The minimum absolute atomic E-state index is 0.798. The second kappa shape index (κ2) is 5.55. The molecule has 1 aliphatic rings. The summed E-state index contributed by atoms with van der Waals surface area (Å²) in [5, 5.41) is 0. The van der Waals surface area contributed by atoms with Gasteiger partial charge in [-0.1, -0.05) is 6.92 Å². The predicted octanol–water partition coefficient (Wildman–Crippen LogP) is 1.46. The Balaban J connectivity index is 2.24. The van der Waals surface area contributed by atoms with Crippen LogP contribution in [0.15, 0.2) is 0 Å². The average molecular weight is 170 g/mol. The van der Waals surface area contributed by atoms with Crippen molar-refractivity contribution in [3.8, 4) is 0 Å². The van der Waals surface area contributed by atoms with E-state index in [0.29, 0.717) is 0 Å². The van der Waals surface area contributed by atoms with E-state index in [-0.39, 0.29) is 0 Å². The lowest BCUT2D eigenvalue weighted by atomic mass is 10.0. The number of nitrogens with two attached hydrogens (primary N) is 1. The average Bonchev–Trinajstić information content (AvgIpc) is 2.31. The normalized spacial score (nSPS) is 27.0. The summed E-state index contributed by atoms with van der Waals surface area (Å²) >= 11 is 0. The lowest BCUT2D eigenvalue weighted by molar-refractivity contribution is 0.281. The Kier molecular flexibility index (Phi) is 4.62. The van der Waals surface area contributed by atoms with E-state index in [1.807, 2.05) is 0 Å². The van der Waals surface area contributed by atoms with E-state index in [2.05, 4.69) is 11.8 Å². The molecule has 0 aliphatic carbocycles. The summed E-state index contributed by atoms with van der Waals surface area (Å²) in [6.45, 7) is 6.99. The van der Waals surface area contributed by atoms with Crippen LogP contribution in [0.5, 0.6) is 0 Å². The number of nitrogens with zero attached hydrogens (tertiary/aromatic N) is 1. The van der Waals surface area contributed by atoms with Gasteiger partial charge in [0.1, 0.15) is 0 Å². The zero-order valence-electron chi connectivity index (χ0n) is 8.26. The monoisotopic (exact) mass is 170 g/mol. The third-order valence-corrected chi connectivity index (χ3v) is 2.81. The fourth-order valence-electron chi connectivity index (χ4n) is 2.00. The molecule has 2 N–H and O–H groups in total. The molecule has 0 aromatic carbocycles. The highest BCUT2D eigenvalue weighted by Crippen LogP contribution is 2.15. The molecule has 1 atom stereocenters. The van der Waals surface area contributed by atoms with Crippen molar-refractivity contribution in [2.75, 3.05) is 26.2 Å². The summed E-state index contributed by atoms with van der Waals surface area (Å²) in [7, 11) is 0. The molecule has 1 fully saturated rings. The maximum absolute atomic E-state index is 5.67. The van der Waals surface area contributed by atoms with Gasteiger partial charge in [0, 0.05) is 0 Å². The van der Waals surface area contributed by atoms with E-state index >= 15 is 0 Å². The molecule has 0 saturated carbocycles. The molecule has 0 spiro atoms. The molecule has 0 amide bonds. The molecular weight excluding hydrogens is 148 g/mol. The van der Waals surface area contributed by atoms with Crippen molar-refractivity contribution in [2.45, 2.75) is 32.6 Å². The molecule has 1 aliphatic heterocycles. The molecule has 0 bridgehead atoms. The van der Waals surface area contributed by atoms with Crippen molar-refractivity contribution in [1.82, 2.24) is 4.90 Å². The van der Waals surface area contributed by atoms with Crippen molar-refractivity contribution < 1.29 is 0 Å². The summed E-state index contributed by atoms with van der Waals surface area (Å²) in [4.78, 5) is 2.58. The van der Waals surface area contributed by atoms with Gasteiger partial charge in [0.2, 0.25) is 0 Å². The molecule has 2 heteroatoms. The maximum Gasteiger partial charge on any atom is -0.00156 e. The van der Waals surface area contributed by atoms with E-state index in [1.165, 1.54) is 45.3 Å². The minimum atomic E-state index is 0.798. The zero-order valence-corrected chi connectivity index (χ0v) is 8.26. The van der Waals surface area contributed by atoms with E-state index in [1.54, 1.807) is 0 Å². The van der Waals surface area contributed by atoms with Gasteiger partial charge in [-0.25, -0.2) is 0 Å². The molecule has 12 heavy (non-hydrogen) atoms.